The molecular weight excluding hydrogens is 233 g/mol. The third kappa shape index (κ3) is 9.70. The predicted octanol–water partition coefficient (Wildman–Crippen LogP) is -3.58. The molecule has 1 rings (SSSR count). The number of morpholine rings is 1. The topological polar surface area (TPSA) is 96.8 Å². The van der Waals surface area contributed by atoms with Crippen LogP contribution in [0, 0.1) is 0 Å². The van der Waals surface area contributed by atoms with Gasteiger partial charge in [0.15, 0.2) is 0 Å². The standard InChI is InChI=1S/C7H15NO4S.Na.H2O/c9-13(10,11)7-1-2-8-3-5-12-6-4-8;;/h1-7H2,(H,9,10,11);;1H2/q;+1;/p-1. The predicted molar refractivity (Wildman–Crippen MR) is 50.2 cm³/mol. The molecule has 0 spiro atoms. The summed E-state index contributed by atoms with van der Waals surface area (Å²) in [5, 5.41) is 0. The Hall–Kier alpha value is 0.790. The van der Waals surface area contributed by atoms with Crippen molar-refractivity contribution >= 4 is 10.1 Å². The second-order valence-corrected chi connectivity index (χ2v) is 4.67. The molecule has 15 heavy (non-hydrogen) atoms. The van der Waals surface area contributed by atoms with Gasteiger partial charge in [-0.25, -0.2) is 0 Å². The molecule has 0 aromatic rings. The van der Waals surface area contributed by atoms with Gasteiger partial charge in [0.25, 0.3) is 10.1 Å². The van der Waals surface area contributed by atoms with Crippen LogP contribution >= 0.6 is 0 Å². The van der Waals surface area contributed by atoms with E-state index in [0.717, 1.165) is 13.1 Å². The molecule has 0 radical (unpaired) electrons. The maximum atomic E-state index is 10.4. The first-order valence-corrected chi connectivity index (χ1v) is 5.94. The SMILES string of the molecule is O=S(=O)(O)CCCN1CCOCC1.[Na+].[OH-]. The summed E-state index contributed by atoms with van der Waals surface area (Å²) in [6.45, 7) is 3.85. The van der Waals surface area contributed by atoms with Crippen molar-refractivity contribution in [2.75, 3.05) is 38.6 Å². The Labute approximate surface area is 112 Å². The van der Waals surface area contributed by atoms with Crippen molar-refractivity contribution in [3.63, 3.8) is 0 Å². The molecule has 0 atom stereocenters. The normalized spacial score (nSPS) is 17.7. The van der Waals surface area contributed by atoms with Gasteiger partial charge in [0.05, 0.1) is 19.0 Å². The molecule has 1 heterocycles. The Kier molecular flexibility index (Phi) is 10.8. The van der Waals surface area contributed by atoms with Crippen molar-refractivity contribution in [2.45, 2.75) is 6.42 Å². The largest absolute Gasteiger partial charge is 1.00 e. The summed E-state index contributed by atoms with van der Waals surface area (Å²) in [7, 11) is -3.78. The molecule has 2 N–H and O–H groups in total. The molecule has 6 nitrogen and oxygen atoms in total. The van der Waals surface area contributed by atoms with Crippen LogP contribution in [-0.2, 0) is 14.9 Å². The molecule has 8 heteroatoms. The van der Waals surface area contributed by atoms with E-state index in [0.29, 0.717) is 26.2 Å². The molecule has 0 aromatic carbocycles. The third-order valence-electron chi connectivity index (χ3n) is 1.98. The second-order valence-electron chi connectivity index (χ2n) is 3.09. The monoisotopic (exact) mass is 249 g/mol. The average Bonchev–Trinajstić information content (AvgIpc) is 2.04. The summed E-state index contributed by atoms with van der Waals surface area (Å²) >= 11 is 0. The van der Waals surface area contributed by atoms with E-state index in [1.54, 1.807) is 0 Å². The summed E-state index contributed by atoms with van der Waals surface area (Å²) in [5.74, 6) is -0.148. The number of hydrogen-bond donors (Lipinski definition) is 1. The van der Waals surface area contributed by atoms with Crippen LogP contribution in [-0.4, -0.2) is 61.9 Å². The van der Waals surface area contributed by atoms with Gasteiger partial charge in [-0.3, -0.25) is 9.45 Å². The molecule has 0 aromatic heterocycles. The van der Waals surface area contributed by atoms with Crippen LogP contribution in [0.5, 0.6) is 0 Å². The fourth-order valence-electron chi connectivity index (χ4n) is 1.30. The van der Waals surface area contributed by atoms with Gasteiger partial charge in [-0.1, -0.05) is 0 Å². The minimum Gasteiger partial charge on any atom is -0.870 e. The number of hydrogen-bond acceptors (Lipinski definition) is 5. The first kappa shape index (κ1) is 18.2. The van der Waals surface area contributed by atoms with Crippen LogP contribution in [0.2, 0.25) is 0 Å². The minimum absolute atomic E-state index is 0. The summed E-state index contributed by atoms with van der Waals surface area (Å²) in [5.41, 5.74) is 0. The first-order valence-electron chi connectivity index (χ1n) is 4.33. The van der Waals surface area contributed by atoms with Crippen molar-refractivity contribution in [3.8, 4) is 0 Å². The molecular formula is C7H16NNaO5S. The zero-order valence-electron chi connectivity index (χ0n) is 8.92. The molecule has 1 saturated heterocycles. The third-order valence-corrected chi connectivity index (χ3v) is 2.78. The fraction of sp³-hybridized carbons (Fsp3) is 1.00. The van der Waals surface area contributed by atoms with Crippen LogP contribution < -0.4 is 29.6 Å². The molecule has 0 bridgehead atoms. The van der Waals surface area contributed by atoms with Crippen LogP contribution in [0.4, 0.5) is 0 Å². The minimum atomic E-state index is -3.78. The average molecular weight is 249 g/mol. The van der Waals surface area contributed by atoms with Gasteiger partial charge < -0.3 is 10.2 Å². The van der Waals surface area contributed by atoms with Gasteiger partial charge in [0.1, 0.15) is 0 Å². The van der Waals surface area contributed by atoms with Crippen molar-refractivity contribution in [1.29, 1.82) is 0 Å². The Morgan fingerprint density at radius 3 is 2.27 bits per heavy atom. The van der Waals surface area contributed by atoms with Crippen molar-refractivity contribution < 1.29 is 52.7 Å². The molecule has 0 unspecified atom stereocenters. The summed E-state index contributed by atoms with van der Waals surface area (Å²) < 4.78 is 34.4. The van der Waals surface area contributed by atoms with Gasteiger partial charge in [0.2, 0.25) is 0 Å². The van der Waals surface area contributed by atoms with Gasteiger partial charge in [-0.05, 0) is 13.0 Å². The van der Waals surface area contributed by atoms with Gasteiger partial charge in [-0.15, -0.1) is 0 Å². The Morgan fingerprint density at radius 1 is 1.27 bits per heavy atom. The van der Waals surface area contributed by atoms with Gasteiger partial charge >= 0.3 is 29.6 Å². The van der Waals surface area contributed by atoms with E-state index >= 15 is 0 Å². The Morgan fingerprint density at radius 2 is 1.80 bits per heavy atom. The van der Waals surface area contributed by atoms with Crippen molar-refractivity contribution in [1.82, 2.24) is 4.90 Å². The van der Waals surface area contributed by atoms with E-state index in [1.165, 1.54) is 0 Å². The van der Waals surface area contributed by atoms with Crippen LogP contribution in [0.1, 0.15) is 6.42 Å². The van der Waals surface area contributed by atoms with Crippen molar-refractivity contribution in [2.24, 2.45) is 0 Å². The van der Waals surface area contributed by atoms with Gasteiger partial charge in [-0.2, -0.15) is 8.42 Å². The fourth-order valence-corrected chi connectivity index (χ4v) is 1.79. The summed E-state index contributed by atoms with van der Waals surface area (Å²) in [4.78, 5) is 2.13. The second kappa shape index (κ2) is 8.89. The molecule has 0 aliphatic carbocycles. The van der Waals surface area contributed by atoms with E-state index < -0.39 is 10.1 Å². The quantitative estimate of drug-likeness (QED) is 0.409. The number of rotatable bonds is 4. The summed E-state index contributed by atoms with van der Waals surface area (Å²) in [6, 6.07) is 0. The van der Waals surface area contributed by atoms with E-state index in [-0.39, 0.29) is 40.8 Å². The van der Waals surface area contributed by atoms with Crippen LogP contribution in [0.15, 0.2) is 0 Å². The van der Waals surface area contributed by atoms with E-state index in [1.807, 2.05) is 0 Å². The Balaban J connectivity index is 0. The smallest absolute Gasteiger partial charge is 0.870 e. The van der Waals surface area contributed by atoms with E-state index in [9.17, 15) is 8.42 Å². The maximum absolute atomic E-state index is 10.4. The Bertz CT molecular complexity index is 240. The molecule has 1 aliphatic heterocycles. The van der Waals surface area contributed by atoms with E-state index in [4.69, 9.17) is 9.29 Å². The van der Waals surface area contributed by atoms with E-state index in [2.05, 4.69) is 4.90 Å². The summed E-state index contributed by atoms with van der Waals surface area (Å²) in [6.07, 6.45) is 0.485. The number of nitrogens with zero attached hydrogens (tertiary/aromatic N) is 1. The van der Waals surface area contributed by atoms with Crippen molar-refractivity contribution in [3.05, 3.63) is 0 Å². The van der Waals surface area contributed by atoms with Gasteiger partial charge in [0, 0.05) is 13.1 Å². The molecule has 86 valence electrons. The zero-order valence-corrected chi connectivity index (χ0v) is 11.7. The number of ether oxygens (including phenoxy) is 1. The first-order chi connectivity index (χ1) is 6.08. The molecule has 1 fully saturated rings. The maximum Gasteiger partial charge on any atom is 1.00 e. The molecule has 0 saturated carbocycles. The zero-order chi connectivity index (χ0) is 9.73. The van der Waals surface area contributed by atoms with Crippen LogP contribution in [0.3, 0.4) is 0 Å². The van der Waals surface area contributed by atoms with Crippen LogP contribution in [0.25, 0.3) is 0 Å². The molecule has 0 amide bonds. The molecule has 1 aliphatic rings.